The van der Waals surface area contributed by atoms with Crippen molar-refractivity contribution in [3.63, 3.8) is 0 Å². The molecular weight excluding hydrogens is 288 g/mol. The third-order valence-electron chi connectivity index (χ3n) is 5.07. The monoisotopic (exact) mass is 310 g/mol. The lowest BCUT2D eigenvalue weighted by Gasteiger charge is -2.39. The number of aryl methyl sites for hydroxylation is 1. The van der Waals surface area contributed by atoms with E-state index >= 15 is 0 Å². The van der Waals surface area contributed by atoms with Gasteiger partial charge in [-0.2, -0.15) is 0 Å². The highest BCUT2D eigenvalue weighted by atomic mass is 16.2. The molecule has 2 fully saturated rings. The summed E-state index contributed by atoms with van der Waals surface area (Å²) in [5.41, 5.74) is 2.83. The van der Waals surface area contributed by atoms with Crippen molar-refractivity contribution in [1.82, 2.24) is 14.9 Å². The topological polar surface area (TPSA) is 49.3 Å². The Balaban J connectivity index is 1.49. The van der Waals surface area contributed by atoms with Crippen molar-refractivity contribution in [3.8, 4) is 0 Å². The van der Waals surface area contributed by atoms with Crippen LogP contribution in [0, 0.1) is 12.8 Å². The Bertz CT molecular complexity index is 733. The van der Waals surface area contributed by atoms with Crippen LogP contribution in [0.4, 0.5) is 5.82 Å². The van der Waals surface area contributed by atoms with E-state index in [0.29, 0.717) is 11.8 Å². The first-order chi connectivity index (χ1) is 11.2. The number of aromatic nitrogens is 2. The van der Waals surface area contributed by atoms with Crippen molar-refractivity contribution in [1.29, 1.82) is 0 Å². The zero-order valence-corrected chi connectivity index (χ0v) is 13.5. The lowest BCUT2D eigenvalue weighted by Crippen LogP contribution is -2.51. The molecule has 0 bridgehead atoms. The van der Waals surface area contributed by atoms with Crippen LogP contribution in [0.3, 0.4) is 0 Å². The number of anilines is 1. The fourth-order valence-corrected chi connectivity index (χ4v) is 3.43. The third-order valence-corrected chi connectivity index (χ3v) is 5.07. The first kappa shape index (κ1) is 14.4. The molecule has 5 heteroatoms. The molecule has 1 aliphatic carbocycles. The van der Waals surface area contributed by atoms with Crippen molar-refractivity contribution >= 4 is 22.8 Å². The van der Waals surface area contributed by atoms with Crippen molar-refractivity contribution in [2.24, 2.45) is 5.92 Å². The number of piperazine rings is 1. The van der Waals surface area contributed by atoms with Gasteiger partial charge in [0.2, 0.25) is 5.91 Å². The molecule has 4 rings (SSSR count). The molecule has 0 unspecified atom stereocenters. The largest absolute Gasteiger partial charge is 0.352 e. The van der Waals surface area contributed by atoms with E-state index in [1.165, 1.54) is 6.42 Å². The molecular formula is C18H22N4O. The minimum absolute atomic E-state index is 0.295. The number of amides is 1. The van der Waals surface area contributed by atoms with E-state index in [-0.39, 0.29) is 0 Å². The van der Waals surface area contributed by atoms with Crippen LogP contribution in [0.2, 0.25) is 0 Å². The molecule has 0 atom stereocenters. The molecule has 1 saturated carbocycles. The van der Waals surface area contributed by atoms with E-state index in [9.17, 15) is 4.79 Å². The number of rotatable bonds is 2. The Morgan fingerprint density at radius 2 is 1.70 bits per heavy atom. The van der Waals surface area contributed by atoms with Gasteiger partial charge in [-0.3, -0.25) is 4.79 Å². The molecule has 1 aromatic carbocycles. The minimum Gasteiger partial charge on any atom is -0.352 e. The number of carbonyl (C=O) groups excluding carboxylic acids is 1. The molecule has 1 aromatic heterocycles. The van der Waals surface area contributed by atoms with Crippen molar-refractivity contribution in [3.05, 3.63) is 30.0 Å². The SMILES string of the molecule is Cc1nc2ccccc2nc1N1CCN(C(=O)C2CCC2)CC1. The highest BCUT2D eigenvalue weighted by Gasteiger charge is 2.31. The lowest BCUT2D eigenvalue weighted by molar-refractivity contribution is -0.138. The summed E-state index contributed by atoms with van der Waals surface area (Å²) in [6.45, 7) is 5.28. The smallest absolute Gasteiger partial charge is 0.225 e. The van der Waals surface area contributed by atoms with Crippen molar-refractivity contribution in [2.45, 2.75) is 26.2 Å². The molecule has 1 aliphatic heterocycles. The average Bonchev–Trinajstić information content (AvgIpc) is 2.53. The van der Waals surface area contributed by atoms with Crippen LogP contribution in [-0.2, 0) is 4.79 Å². The van der Waals surface area contributed by atoms with Gasteiger partial charge >= 0.3 is 0 Å². The fourth-order valence-electron chi connectivity index (χ4n) is 3.43. The first-order valence-electron chi connectivity index (χ1n) is 8.49. The summed E-state index contributed by atoms with van der Waals surface area (Å²) in [6, 6.07) is 7.97. The molecule has 23 heavy (non-hydrogen) atoms. The summed E-state index contributed by atoms with van der Waals surface area (Å²) in [6.07, 6.45) is 3.37. The van der Waals surface area contributed by atoms with Gasteiger partial charge in [-0.25, -0.2) is 9.97 Å². The molecule has 2 aliphatic rings. The predicted octanol–water partition coefficient (Wildman–Crippen LogP) is 2.39. The second-order valence-electron chi connectivity index (χ2n) is 6.56. The van der Waals surface area contributed by atoms with Crippen LogP contribution < -0.4 is 4.90 Å². The Hall–Kier alpha value is -2.17. The van der Waals surface area contributed by atoms with Crippen molar-refractivity contribution < 1.29 is 4.79 Å². The van der Waals surface area contributed by atoms with Crippen LogP contribution >= 0.6 is 0 Å². The standard InChI is InChI=1S/C18H22N4O/c1-13-17(20-16-8-3-2-7-15(16)19-13)21-9-11-22(12-10-21)18(23)14-5-4-6-14/h2-3,7-8,14H,4-6,9-12H2,1H3. The van der Waals surface area contributed by atoms with Gasteiger partial charge in [0, 0.05) is 32.1 Å². The van der Waals surface area contributed by atoms with E-state index in [1.54, 1.807) is 0 Å². The summed E-state index contributed by atoms with van der Waals surface area (Å²) in [5.74, 6) is 1.61. The predicted molar refractivity (Wildman–Crippen MR) is 90.4 cm³/mol. The van der Waals surface area contributed by atoms with E-state index < -0.39 is 0 Å². The van der Waals surface area contributed by atoms with Gasteiger partial charge in [-0.1, -0.05) is 18.6 Å². The van der Waals surface area contributed by atoms with Gasteiger partial charge in [0.15, 0.2) is 5.82 Å². The second kappa shape index (κ2) is 5.80. The van der Waals surface area contributed by atoms with Gasteiger partial charge in [0.25, 0.3) is 0 Å². The van der Waals surface area contributed by atoms with Crippen LogP contribution in [0.5, 0.6) is 0 Å². The highest BCUT2D eigenvalue weighted by molar-refractivity contribution is 5.80. The zero-order valence-electron chi connectivity index (χ0n) is 13.5. The number of benzene rings is 1. The normalized spacial score (nSPS) is 19.0. The first-order valence-corrected chi connectivity index (χ1v) is 8.49. The molecule has 120 valence electrons. The van der Waals surface area contributed by atoms with Gasteiger partial charge in [-0.05, 0) is 31.9 Å². The molecule has 5 nitrogen and oxygen atoms in total. The van der Waals surface area contributed by atoms with Crippen LogP contribution in [0.15, 0.2) is 24.3 Å². The molecule has 0 radical (unpaired) electrons. The maximum Gasteiger partial charge on any atom is 0.225 e. The third kappa shape index (κ3) is 2.64. The van der Waals surface area contributed by atoms with Gasteiger partial charge in [0.1, 0.15) is 0 Å². The molecule has 0 spiro atoms. The van der Waals surface area contributed by atoms with E-state index in [0.717, 1.165) is 61.6 Å². The van der Waals surface area contributed by atoms with Crippen molar-refractivity contribution in [2.75, 3.05) is 31.1 Å². The molecule has 1 saturated heterocycles. The number of hydrogen-bond acceptors (Lipinski definition) is 4. The van der Waals surface area contributed by atoms with Crippen LogP contribution in [-0.4, -0.2) is 47.0 Å². The van der Waals surface area contributed by atoms with E-state index in [4.69, 9.17) is 4.98 Å². The molecule has 2 aromatic rings. The Morgan fingerprint density at radius 1 is 1.04 bits per heavy atom. The summed E-state index contributed by atoms with van der Waals surface area (Å²) in [5, 5.41) is 0. The Morgan fingerprint density at radius 3 is 2.30 bits per heavy atom. The zero-order chi connectivity index (χ0) is 15.8. The number of hydrogen-bond donors (Lipinski definition) is 0. The lowest BCUT2D eigenvalue weighted by atomic mass is 9.84. The van der Waals surface area contributed by atoms with Crippen LogP contribution in [0.1, 0.15) is 25.0 Å². The summed E-state index contributed by atoms with van der Waals surface area (Å²) < 4.78 is 0. The number of fused-ring (bicyclic) bond motifs is 1. The van der Waals surface area contributed by atoms with E-state index in [1.807, 2.05) is 36.1 Å². The molecule has 0 N–H and O–H groups in total. The maximum absolute atomic E-state index is 12.3. The minimum atomic E-state index is 0.295. The Labute approximate surface area is 136 Å². The maximum atomic E-state index is 12.3. The highest BCUT2D eigenvalue weighted by Crippen LogP contribution is 2.29. The Kier molecular flexibility index (Phi) is 3.63. The van der Waals surface area contributed by atoms with Gasteiger partial charge < -0.3 is 9.80 Å². The van der Waals surface area contributed by atoms with Gasteiger partial charge in [0.05, 0.1) is 16.7 Å². The summed E-state index contributed by atoms with van der Waals surface area (Å²) in [4.78, 5) is 26.1. The summed E-state index contributed by atoms with van der Waals surface area (Å²) in [7, 11) is 0. The molecule has 1 amide bonds. The number of nitrogens with zero attached hydrogens (tertiary/aromatic N) is 4. The van der Waals surface area contributed by atoms with E-state index in [2.05, 4.69) is 9.88 Å². The summed E-state index contributed by atoms with van der Waals surface area (Å²) >= 11 is 0. The van der Waals surface area contributed by atoms with Gasteiger partial charge in [-0.15, -0.1) is 0 Å². The molecule has 2 heterocycles. The fraction of sp³-hybridized carbons (Fsp3) is 0.500. The quantitative estimate of drug-likeness (QED) is 0.854. The average molecular weight is 310 g/mol. The van der Waals surface area contributed by atoms with Crippen LogP contribution in [0.25, 0.3) is 11.0 Å². The number of carbonyl (C=O) groups is 1. The number of para-hydroxylation sites is 2. The second-order valence-corrected chi connectivity index (χ2v) is 6.56.